The van der Waals surface area contributed by atoms with Gasteiger partial charge in [0, 0.05) is 28.8 Å². The number of anilines is 1. The minimum Gasteiger partial charge on any atom is -0.371 e. The molecule has 1 aliphatic heterocycles. The van der Waals surface area contributed by atoms with Crippen molar-refractivity contribution >= 4 is 27.4 Å². The Morgan fingerprint density at radius 2 is 2.00 bits per heavy atom. The summed E-state index contributed by atoms with van der Waals surface area (Å²) in [5.74, 6) is 0.143. The van der Waals surface area contributed by atoms with Gasteiger partial charge in [-0.3, -0.25) is 4.79 Å². The van der Waals surface area contributed by atoms with Crippen LogP contribution in [0.4, 0.5) is 5.69 Å². The van der Waals surface area contributed by atoms with E-state index in [4.69, 9.17) is 0 Å². The first-order valence-corrected chi connectivity index (χ1v) is 6.03. The van der Waals surface area contributed by atoms with Crippen molar-refractivity contribution in [3.8, 4) is 0 Å². The molecule has 1 fully saturated rings. The smallest absolute Gasteiger partial charge is 0.161 e. The van der Waals surface area contributed by atoms with Gasteiger partial charge >= 0.3 is 0 Å². The molecule has 2 nitrogen and oxygen atoms in total. The van der Waals surface area contributed by atoms with Crippen molar-refractivity contribution in [1.29, 1.82) is 0 Å². The predicted octanol–water partition coefficient (Wildman–Crippen LogP) is 3.25. The number of carbonyl (C=O) groups excluding carboxylic acids is 1. The molecule has 1 saturated heterocycles. The zero-order valence-corrected chi connectivity index (χ0v) is 10.4. The fourth-order valence-electron chi connectivity index (χ4n) is 2.02. The van der Waals surface area contributed by atoms with Gasteiger partial charge < -0.3 is 4.90 Å². The summed E-state index contributed by atoms with van der Waals surface area (Å²) in [4.78, 5) is 13.8. The lowest BCUT2D eigenvalue weighted by atomic mass is 10.1. The Balaban J connectivity index is 2.41. The minimum absolute atomic E-state index is 0.143. The largest absolute Gasteiger partial charge is 0.371 e. The van der Waals surface area contributed by atoms with Crippen LogP contribution in [0.3, 0.4) is 0 Å². The van der Waals surface area contributed by atoms with Crippen molar-refractivity contribution in [2.45, 2.75) is 19.8 Å². The monoisotopic (exact) mass is 267 g/mol. The lowest BCUT2D eigenvalue weighted by Gasteiger charge is -2.20. The third kappa shape index (κ3) is 2.23. The summed E-state index contributed by atoms with van der Waals surface area (Å²) in [6, 6.07) is 5.87. The number of hydrogen-bond acceptors (Lipinski definition) is 2. The van der Waals surface area contributed by atoms with Crippen LogP contribution in [-0.4, -0.2) is 18.9 Å². The van der Waals surface area contributed by atoms with Crippen LogP contribution < -0.4 is 4.90 Å². The number of hydrogen-bond donors (Lipinski definition) is 0. The summed E-state index contributed by atoms with van der Waals surface area (Å²) in [6.45, 7) is 3.76. The van der Waals surface area contributed by atoms with Crippen molar-refractivity contribution in [3.05, 3.63) is 28.2 Å². The van der Waals surface area contributed by atoms with Gasteiger partial charge in [-0.25, -0.2) is 0 Å². The van der Waals surface area contributed by atoms with Gasteiger partial charge in [-0.05, 0) is 38.0 Å². The van der Waals surface area contributed by atoms with Crippen molar-refractivity contribution in [3.63, 3.8) is 0 Å². The van der Waals surface area contributed by atoms with Crippen molar-refractivity contribution < 1.29 is 4.79 Å². The second-order valence-corrected chi connectivity index (χ2v) is 4.83. The molecular formula is C12H14BrNO. The Labute approximate surface area is 98.4 Å². The van der Waals surface area contributed by atoms with Crippen molar-refractivity contribution in [2.24, 2.45) is 0 Å². The molecule has 1 aromatic rings. The topological polar surface area (TPSA) is 20.3 Å². The molecule has 0 saturated carbocycles. The first-order valence-electron chi connectivity index (χ1n) is 5.24. The molecule has 0 unspecified atom stereocenters. The highest BCUT2D eigenvalue weighted by molar-refractivity contribution is 9.10. The second-order valence-electron chi connectivity index (χ2n) is 3.91. The third-order valence-corrected chi connectivity index (χ3v) is 3.28. The molecule has 0 aliphatic carbocycles. The molecule has 0 spiro atoms. The molecule has 0 aromatic heterocycles. The molecular weight excluding hydrogens is 254 g/mol. The van der Waals surface area contributed by atoms with E-state index in [2.05, 4.69) is 20.8 Å². The van der Waals surface area contributed by atoms with E-state index in [0.29, 0.717) is 0 Å². The lowest BCUT2D eigenvalue weighted by molar-refractivity contribution is 0.101. The molecule has 15 heavy (non-hydrogen) atoms. The average molecular weight is 268 g/mol. The van der Waals surface area contributed by atoms with E-state index in [1.165, 1.54) is 12.8 Å². The highest BCUT2D eigenvalue weighted by Crippen LogP contribution is 2.28. The number of ketones is 1. The highest BCUT2D eigenvalue weighted by atomic mass is 79.9. The molecule has 80 valence electrons. The van der Waals surface area contributed by atoms with Crippen LogP contribution in [0.2, 0.25) is 0 Å². The van der Waals surface area contributed by atoms with Gasteiger partial charge in [0.15, 0.2) is 5.78 Å². The summed E-state index contributed by atoms with van der Waals surface area (Å²) < 4.78 is 1.04. The number of nitrogens with zero attached hydrogens (tertiary/aromatic N) is 1. The third-order valence-electron chi connectivity index (χ3n) is 2.79. The summed E-state index contributed by atoms with van der Waals surface area (Å²) >= 11 is 3.45. The molecule has 0 atom stereocenters. The minimum atomic E-state index is 0.143. The Bertz CT molecular complexity index is 383. The summed E-state index contributed by atoms with van der Waals surface area (Å²) in [5, 5.41) is 0. The molecule has 3 heteroatoms. The Morgan fingerprint density at radius 1 is 1.33 bits per heavy atom. The van der Waals surface area contributed by atoms with Gasteiger partial charge in [0.05, 0.1) is 0 Å². The number of benzene rings is 1. The maximum atomic E-state index is 11.5. The Hall–Kier alpha value is -0.830. The first kappa shape index (κ1) is 10.7. The van der Waals surface area contributed by atoms with E-state index >= 15 is 0 Å². The molecule has 0 N–H and O–H groups in total. The van der Waals surface area contributed by atoms with Crippen LogP contribution in [0.15, 0.2) is 22.7 Å². The Kier molecular flexibility index (Phi) is 3.10. The fraction of sp³-hybridized carbons (Fsp3) is 0.417. The predicted molar refractivity (Wildman–Crippen MR) is 65.6 cm³/mol. The molecule has 0 bridgehead atoms. The van der Waals surface area contributed by atoms with Gasteiger partial charge in [-0.15, -0.1) is 0 Å². The molecule has 1 aliphatic rings. The summed E-state index contributed by atoms with van der Waals surface area (Å²) in [5.41, 5.74) is 1.91. The van der Waals surface area contributed by atoms with Gasteiger partial charge in [0.1, 0.15) is 0 Å². The van der Waals surface area contributed by atoms with Crippen molar-refractivity contribution in [2.75, 3.05) is 18.0 Å². The van der Waals surface area contributed by atoms with E-state index in [1.54, 1.807) is 6.92 Å². The maximum absolute atomic E-state index is 11.5. The Morgan fingerprint density at radius 3 is 2.60 bits per heavy atom. The average Bonchev–Trinajstić information content (AvgIpc) is 2.69. The first-order chi connectivity index (χ1) is 7.18. The summed E-state index contributed by atoms with van der Waals surface area (Å²) in [7, 11) is 0. The van der Waals surface area contributed by atoms with E-state index in [-0.39, 0.29) is 5.78 Å². The normalized spacial score (nSPS) is 15.7. The van der Waals surface area contributed by atoms with Crippen LogP contribution in [0.1, 0.15) is 30.1 Å². The zero-order chi connectivity index (χ0) is 10.8. The summed E-state index contributed by atoms with van der Waals surface area (Å²) in [6.07, 6.45) is 2.45. The van der Waals surface area contributed by atoms with Crippen LogP contribution in [0.25, 0.3) is 0 Å². The van der Waals surface area contributed by atoms with Crippen LogP contribution in [0, 0.1) is 0 Å². The van der Waals surface area contributed by atoms with Crippen LogP contribution in [0.5, 0.6) is 0 Å². The molecule has 0 radical (unpaired) electrons. The van der Waals surface area contributed by atoms with E-state index in [1.807, 2.05) is 18.2 Å². The SMILES string of the molecule is CC(=O)c1ccc(Br)cc1N1CCCC1. The molecule has 1 aromatic carbocycles. The zero-order valence-electron chi connectivity index (χ0n) is 8.79. The second kappa shape index (κ2) is 4.35. The van der Waals surface area contributed by atoms with Crippen molar-refractivity contribution in [1.82, 2.24) is 0 Å². The number of halogens is 1. The number of rotatable bonds is 2. The van der Waals surface area contributed by atoms with Gasteiger partial charge in [0.2, 0.25) is 0 Å². The van der Waals surface area contributed by atoms with Crippen LogP contribution in [-0.2, 0) is 0 Å². The number of Topliss-reactive ketones (excluding diaryl/α,β-unsaturated/α-hetero) is 1. The van der Waals surface area contributed by atoms with E-state index in [9.17, 15) is 4.79 Å². The van der Waals surface area contributed by atoms with Gasteiger partial charge in [-0.1, -0.05) is 15.9 Å². The quantitative estimate of drug-likeness (QED) is 0.767. The number of carbonyl (C=O) groups is 1. The fourth-order valence-corrected chi connectivity index (χ4v) is 2.37. The van der Waals surface area contributed by atoms with Crippen LogP contribution >= 0.6 is 15.9 Å². The molecule has 0 amide bonds. The van der Waals surface area contributed by atoms with E-state index in [0.717, 1.165) is 28.8 Å². The molecule has 1 heterocycles. The maximum Gasteiger partial charge on any atom is 0.161 e. The highest BCUT2D eigenvalue weighted by Gasteiger charge is 2.17. The van der Waals surface area contributed by atoms with Gasteiger partial charge in [-0.2, -0.15) is 0 Å². The standard InChI is InChI=1S/C12H14BrNO/c1-9(15)11-5-4-10(13)8-12(11)14-6-2-3-7-14/h4-5,8H,2-3,6-7H2,1H3. The molecule has 2 rings (SSSR count). The van der Waals surface area contributed by atoms with E-state index < -0.39 is 0 Å². The lowest BCUT2D eigenvalue weighted by Crippen LogP contribution is -2.20. The van der Waals surface area contributed by atoms with Gasteiger partial charge in [0.25, 0.3) is 0 Å².